The zero-order chi connectivity index (χ0) is 20.9. The number of rotatable bonds is 5. The molecular formula is C23H21ClN2O3. The van der Waals surface area contributed by atoms with E-state index in [-0.39, 0.29) is 10.6 Å². The number of urea groups is 1. The van der Waals surface area contributed by atoms with E-state index in [0.717, 1.165) is 5.56 Å². The highest BCUT2D eigenvalue weighted by atomic mass is 35.5. The van der Waals surface area contributed by atoms with Gasteiger partial charge in [0.05, 0.1) is 10.6 Å². The first-order valence-corrected chi connectivity index (χ1v) is 9.44. The summed E-state index contributed by atoms with van der Waals surface area (Å²) < 4.78 is 6.09. The van der Waals surface area contributed by atoms with Gasteiger partial charge in [-0.15, -0.1) is 0 Å². The number of benzene rings is 3. The summed E-state index contributed by atoms with van der Waals surface area (Å²) in [6.07, 6.45) is 0. The smallest absolute Gasteiger partial charge is 0.326 e. The molecule has 5 nitrogen and oxygen atoms in total. The molecule has 2 N–H and O–H groups in total. The van der Waals surface area contributed by atoms with Crippen molar-refractivity contribution in [3.8, 4) is 5.75 Å². The van der Waals surface area contributed by atoms with Crippen molar-refractivity contribution in [1.29, 1.82) is 0 Å². The SMILES string of the molecule is CC(C)(Oc1ccc(NC(=O)NC(=O)c2ccccc2Cl)cc1)c1ccccc1. The van der Waals surface area contributed by atoms with Gasteiger partial charge in [0, 0.05) is 5.69 Å². The van der Waals surface area contributed by atoms with Gasteiger partial charge in [-0.05, 0) is 55.8 Å². The average Bonchev–Trinajstić information content (AvgIpc) is 2.70. The molecule has 148 valence electrons. The minimum Gasteiger partial charge on any atom is -0.483 e. The number of imide groups is 1. The summed E-state index contributed by atoms with van der Waals surface area (Å²) >= 11 is 5.97. The van der Waals surface area contributed by atoms with Gasteiger partial charge in [-0.2, -0.15) is 0 Å². The highest BCUT2D eigenvalue weighted by Gasteiger charge is 2.22. The molecule has 0 atom stereocenters. The largest absolute Gasteiger partial charge is 0.483 e. The van der Waals surface area contributed by atoms with Gasteiger partial charge in [0.15, 0.2) is 0 Å². The minimum absolute atomic E-state index is 0.233. The average molecular weight is 409 g/mol. The quantitative estimate of drug-likeness (QED) is 0.576. The van der Waals surface area contributed by atoms with Crippen LogP contribution in [0.15, 0.2) is 78.9 Å². The lowest BCUT2D eigenvalue weighted by Crippen LogP contribution is -2.34. The number of anilines is 1. The maximum absolute atomic E-state index is 12.1. The predicted octanol–water partition coefficient (Wildman–Crippen LogP) is 5.62. The first kappa shape index (κ1) is 20.4. The van der Waals surface area contributed by atoms with Gasteiger partial charge in [-0.25, -0.2) is 4.79 Å². The lowest BCUT2D eigenvalue weighted by Gasteiger charge is -2.27. The van der Waals surface area contributed by atoms with E-state index >= 15 is 0 Å². The first-order chi connectivity index (χ1) is 13.8. The van der Waals surface area contributed by atoms with Crippen molar-refractivity contribution in [3.63, 3.8) is 0 Å². The van der Waals surface area contributed by atoms with Gasteiger partial charge in [0.25, 0.3) is 5.91 Å². The Morgan fingerprint density at radius 2 is 1.48 bits per heavy atom. The van der Waals surface area contributed by atoms with Crippen LogP contribution in [-0.4, -0.2) is 11.9 Å². The Labute approximate surface area is 174 Å². The first-order valence-electron chi connectivity index (χ1n) is 9.06. The van der Waals surface area contributed by atoms with Crippen LogP contribution in [0.3, 0.4) is 0 Å². The Morgan fingerprint density at radius 1 is 0.862 bits per heavy atom. The second kappa shape index (κ2) is 8.80. The minimum atomic E-state index is -0.645. The molecule has 0 aliphatic rings. The molecule has 3 aromatic rings. The molecule has 0 aromatic heterocycles. The van der Waals surface area contributed by atoms with Crippen LogP contribution in [0.4, 0.5) is 10.5 Å². The van der Waals surface area contributed by atoms with Gasteiger partial charge in [0.2, 0.25) is 0 Å². The normalized spacial score (nSPS) is 10.9. The van der Waals surface area contributed by atoms with Crippen LogP contribution in [0.25, 0.3) is 0 Å². The van der Waals surface area contributed by atoms with Crippen molar-refractivity contribution in [3.05, 3.63) is 95.0 Å². The third kappa shape index (κ3) is 5.36. The predicted molar refractivity (Wildman–Crippen MR) is 114 cm³/mol. The summed E-state index contributed by atoms with van der Waals surface area (Å²) in [5.74, 6) is 0.0922. The van der Waals surface area contributed by atoms with Gasteiger partial charge < -0.3 is 10.1 Å². The van der Waals surface area contributed by atoms with Crippen molar-refractivity contribution in [1.82, 2.24) is 5.32 Å². The Balaban J connectivity index is 1.60. The molecule has 0 bridgehead atoms. The second-order valence-corrected chi connectivity index (χ2v) is 7.30. The monoisotopic (exact) mass is 408 g/mol. The Morgan fingerprint density at radius 3 is 2.14 bits per heavy atom. The molecule has 0 spiro atoms. The van der Waals surface area contributed by atoms with Crippen molar-refractivity contribution < 1.29 is 14.3 Å². The lowest BCUT2D eigenvalue weighted by molar-refractivity contribution is 0.0967. The van der Waals surface area contributed by atoms with Gasteiger partial charge in [-0.3, -0.25) is 10.1 Å². The fraction of sp³-hybridized carbons (Fsp3) is 0.130. The second-order valence-electron chi connectivity index (χ2n) is 6.89. The number of halogens is 1. The van der Waals surface area contributed by atoms with Crippen LogP contribution in [0.5, 0.6) is 5.75 Å². The van der Waals surface area contributed by atoms with Crippen LogP contribution >= 0.6 is 11.6 Å². The summed E-state index contributed by atoms with van der Waals surface area (Å²) in [6.45, 7) is 3.98. The van der Waals surface area contributed by atoms with E-state index in [2.05, 4.69) is 10.6 Å². The van der Waals surface area contributed by atoms with E-state index in [4.69, 9.17) is 16.3 Å². The van der Waals surface area contributed by atoms with E-state index in [1.807, 2.05) is 44.2 Å². The maximum atomic E-state index is 12.1. The van der Waals surface area contributed by atoms with E-state index in [0.29, 0.717) is 11.4 Å². The van der Waals surface area contributed by atoms with Crippen molar-refractivity contribution in [2.24, 2.45) is 0 Å². The maximum Gasteiger partial charge on any atom is 0.326 e. The number of ether oxygens (including phenoxy) is 1. The molecule has 3 rings (SSSR count). The van der Waals surface area contributed by atoms with Gasteiger partial charge in [0.1, 0.15) is 11.4 Å². The van der Waals surface area contributed by atoms with Crippen molar-refractivity contribution >= 4 is 29.2 Å². The van der Waals surface area contributed by atoms with Crippen molar-refractivity contribution in [2.45, 2.75) is 19.4 Å². The standard InChI is InChI=1S/C23H21ClN2O3/c1-23(2,16-8-4-3-5-9-16)29-18-14-12-17(13-15-18)25-22(28)26-21(27)19-10-6-7-11-20(19)24/h3-15H,1-2H3,(H2,25,26,27,28). The van der Waals surface area contributed by atoms with Gasteiger partial charge >= 0.3 is 6.03 Å². The Hall–Kier alpha value is -3.31. The topological polar surface area (TPSA) is 67.4 Å². The third-order valence-electron chi connectivity index (χ3n) is 4.30. The Kier molecular flexibility index (Phi) is 6.20. The van der Waals surface area contributed by atoms with Crippen LogP contribution in [-0.2, 0) is 5.60 Å². The number of hydrogen-bond acceptors (Lipinski definition) is 3. The molecule has 0 saturated carbocycles. The molecular weight excluding hydrogens is 388 g/mol. The van der Waals surface area contributed by atoms with E-state index in [1.54, 1.807) is 48.5 Å². The number of amides is 3. The molecule has 3 amide bonds. The van der Waals surface area contributed by atoms with Crippen LogP contribution in [0, 0.1) is 0 Å². The fourth-order valence-electron chi connectivity index (χ4n) is 2.78. The molecule has 6 heteroatoms. The molecule has 0 saturated heterocycles. The number of carbonyl (C=O) groups is 2. The number of nitrogens with one attached hydrogen (secondary N) is 2. The molecule has 3 aromatic carbocycles. The molecule has 0 unspecified atom stereocenters. The summed E-state index contributed by atoms with van der Waals surface area (Å²) in [7, 11) is 0. The van der Waals surface area contributed by atoms with Crippen LogP contribution in [0.1, 0.15) is 29.8 Å². The molecule has 0 fully saturated rings. The molecule has 0 heterocycles. The summed E-state index contributed by atoms with van der Waals surface area (Å²) in [5.41, 5.74) is 1.31. The van der Waals surface area contributed by atoms with Crippen molar-refractivity contribution in [2.75, 3.05) is 5.32 Å². The van der Waals surface area contributed by atoms with Gasteiger partial charge in [-0.1, -0.05) is 54.1 Å². The number of hydrogen-bond donors (Lipinski definition) is 2. The molecule has 0 radical (unpaired) electrons. The molecule has 0 aliphatic heterocycles. The Bertz CT molecular complexity index is 1000. The molecule has 0 aliphatic carbocycles. The van der Waals surface area contributed by atoms with Crippen LogP contribution < -0.4 is 15.4 Å². The summed E-state index contributed by atoms with van der Waals surface area (Å²) in [6, 6.07) is 22.7. The zero-order valence-electron chi connectivity index (χ0n) is 16.1. The van der Waals surface area contributed by atoms with E-state index in [1.165, 1.54) is 0 Å². The fourth-order valence-corrected chi connectivity index (χ4v) is 3.00. The lowest BCUT2D eigenvalue weighted by atomic mass is 9.98. The zero-order valence-corrected chi connectivity index (χ0v) is 16.9. The van der Waals surface area contributed by atoms with Crippen LogP contribution in [0.2, 0.25) is 5.02 Å². The highest BCUT2D eigenvalue weighted by Crippen LogP contribution is 2.28. The summed E-state index contributed by atoms with van der Waals surface area (Å²) in [4.78, 5) is 24.2. The third-order valence-corrected chi connectivity index (χ3v) is 4.63. The number of carbonyl (C=O) groups excluding carboxylic acids is 2. The van der Waals surface area contributed by atoms with E-state index < -0.39 is 17.5 Å². The molecule has 29 heavy (non-hydrogen) atoms. The van der Waals surface area contributed by atoms with E-state index in [9.17, 15) is 9.59 Å². The summed E-state index contributed by atoms with van der Waals surface area (Å²) in [5, 5.41) is 5.15. The highest BCUT2D eigenvalue weighted by molar-refractivity contribution is 6.34.